The molecule has 15 heavy (non-hydrogen) atoms. The van der Waals surface area contributed by atoms with E-state index in [4.69, 9.17) is 5.73 Å². The molecule has 1 saturated carbocycles. The average molecular weight is 206 g/mol. The first kappa shape index (κ1) is 10.3. The molecule has 1 aliphatic carbocycles. The van der Waals surface area contributed by atoms with Crippen LogP contribution in [0.4, 0.5) is 5.69 Å². The lowest BCUT2D eigenvalue weighted by molar-refractivity contribution is 0.284. The van der Waals surface area contributed by atoms with Gasteiger partial charge >= 0.3 is 0 Å². The Kier molecular flexibility index (Phi) is 3.09. The number of aryl methyl sites for hydroxylation is 1. The van der Waals surface area contributed by atoms with E-state index >= 15 is 0 Å². The van der Waals surface area contributed by atoms with Gasteiger partial charge in [-0.3, -0.25) is 4.79 Å². The maximum absolute atomic E-state index is 11.4. The molecule has 1 heterocycles. The summed E-state index contributed by atoms with van der Waals surface area (Å²) in [5.41, 5.74) is 6.36. The highest BCUT2D eigenvalue weighted by Gasteiger charge is 2.16. The molecular weight excluding hydrogens is 188 g/mol. The maximum atomic E-state index is 11.4. The van der Waals surface area contributed by atoms with Crippen LogP contribution in [0.2, 0.25) is 0 Å². The monoisotopic (exact) mass is 206 g/mol. The Morgan fingerprint density at radius 3 is 2.87 bits per heavy atom. The molecule has 2 rings (SSSR count). The zero-order valence-corrected chi connectivity index (χ0v) is 8.98. The first-order valence-corrected chi connectivity index (χ1v) is 5.71. The lowest BCUT2D eigenvalue weighted by Crippen LogP contribution is -2.20. The number of anilines is 1. The molecule has 1 fully saturated rings. The Bertz CT molecular complexity index is 379. The predicted molar refractivity (Wildman–Crippen MR) is 61.7 cm³/mol. The standard InChI is InChI=1S/C12H18N2O/c13-11-6-7-12(15)14(9-11)8-2-5-10-3-1-4-10/h6-7,9-10H,1-5,8,13H2. The van der Waals surface area contributed by atoms with Crippen molar-refractivity contribution in [1.29, 1.82) is 0 Å². The summed E-state index contributed by atoms with van der Waals surface area (Å²) in [6.45, 7) is 0.806. The normalized spacial score (nSPS) is 16.3. The van der Waals surface area contributed by atoms with E-state index in [1.54, 1.807) is 22.9 Å². The van der Waals surface area contributed by atoms with Crippen molar-refractivity contribution < 1.29 is 0 Å². The number of hydrogen-bond acceptors (Lipinski definition) is 2. The molecule has 0 amide bonds. The van der Waals surface area contributed by atoms with Crippen molar-refractivity contribution in [1.82, 2.24) is 4.57 Å². The molecule has 0 aromatic carbocycles. The average Bonchev–Trinajstić information content (AvgIpc) is 2.15. The number of nitrogen functional groups attached to an aromatic ring is 1. The fourth-order valence-electron chi connectivity index (χ4n) is 2.06. The van der Waals surface area contributed by atoms with Gasteiger partial charge in [-0.15, -0.1) is 0 Å². The number of aromatic nitrogens is 1. The van der Waals surface area contributed by atoms with Crippen molar-refractivity contribution in [2.24, 2.45) is 5.92 Å². The number of hydrogen-bond donors (Lipinski definition) is 1. The Labute approximate surface area is 89.9 Å². The van der Waals surface area contributed by atoms with Gasteiger partial charge in [0.25, 0.3) is 5.56 Å². The van der Waals surface area contributed by atoms with Crippen LogP contribution in [0.15, 0.2) is 23.1 Å². The molecule has 2 N–H and O–H groups in total. The molecule has 0 spiro atoms. The zero-order chi connectivity index (χ0) is 10.7. The summed E-state index contributed by atoms with van der Waals surface area (Å²) in [4.78, 5) is 11.4. The van der Waals surface area contributed by atoms with Crippen LogP contribution < -0.4 is 11.3 Å². The van der Waals surface area contributed by atoms with Crippen LogP contribution in [0.5, 0.6) is 0 Å². The van der Waals surface area contributed by atoms with Gasteiger partial charge in [-0.2, -0.15) is 0 Å². The van der Waals surface area contributed by atoms with Gasteiger partial charge in [-0.25, -0.2) is 0 Å². The van der Waals surface area contributed by atoms with Crippen molar-refractivity contribution in [3.05, 3.63) is 28.7 Å². The van der Waals surface area contributed by atoms with Crippen LogP contribution in [0.1, 0.15) is 32.1 Å². The molecule has 0 radical (unpaired) electrons. The SMILES string of the molecule is Nc1ccc(=O)n(CCCC2CCC2)c1. The van der Waals surface area contributed by atoms with Gasteiger partial charge in [-0.05, 0) is 24.8 Å². The first-order valence-electron chi connectivity index (χ1n) is 5.71. The summed E-state index contributed by atoms with van der Waals surface area (Å²) in [6.07, 6.45) is 8.24. The van der Waals surface area contributed by atoms with Crippen molar-refractivity contribution in [3.63, 3.8) is 0 Å². The third-order valence-electron chi connectivity index (χ3n) is 3.24. The highest BCUT2D eigenvalue weighted by molar-refractivity contribution is 5.33. The molecule has 0 bridgehead atoms. The van der Waals surface area contributed by atoms with Gasteiger partial charge in [0.1, 0.15) is 0 Å². The van der Waals surface area contributed by atoms with Gasteiger partial charge in [0.15, 0.2) is 0 Å². The number of nitrogens with zero attached hydrogens (tertiary/aromatic N) is 1. The van der Waals surface area contributed by atoms with Crippen LogP contribution in [0.3, 0.4) is 0 Å². The lowest BCUT2D eigenvalue weighted by atomic mass is 9.82. The van der Waals surface area contributed by atoms with E-state index in [-0.39, 0.29) is 5.56 Å². The Morgan fingerprint density at radius 2 is 2.20 bits per heavy atom. The van der Waals surface area contributed by atoms with Gasteiger partial charge in [0.05, 0.1) is 0 Å². The van der Waals surface area contributed by atoms with E-state index < -0.39 is 0 Å². The van der Waals surface area contributed by atoms with E-state index in [1.165, 1.54) is 25.7 Å². The van der Waals surface area contributed by atoms with Crippen LogP contribution in [-0.4, -0.2) is 4.57 Å². The predicted octanol–water partition coefficient (Wildman–Crippen LogP) is 2.01. The van der Waals surface area contributed by atoms with Gasteiger partial charge in [0, 0.05) is 24.5 Å². The van der Waals surface area contributed by atoms with E-state index in [0.29, 0.717) is 5.69 Å². The first-order chi connectivity index (χ1) is 7.25. The molecule has 0 atom stereocenters. The third kappa shape index (κ3) is 2.61. The summed E-state index contributed by atoms with van der Waals surface area (Å²) in [6, 6.07) is 3.20. The van der Waals surface area contributed by atoms with Crippen LogP contribution in [0, 0.1) is 5.92 Å². The molecule has 82 valence electrons. The lowest BCUT2D eigenvalue weighted by Gasteiger charge is -2.25. The third-order valence-corrected chi connectivity index (χ3v) is 3.24. The molecule has 1 aromatic rings. The van der Waals surface area contributed by atoms with Crippen molar-refractivity contribution in [3.8, 4) is 0 Å². The van der Waals surface area contributed by atoms with Gasteiger partial charge < -0.3 is 10.3 Å². The number of rotatable bonds is 4. The molecule has 1 aromatic heterocycles. The molecule has 3 heteroatoms. The van der Waals surface area contributed by atoms with E-state index in [0.717, 1.165) is 18.9 Å². The minimum Gasteiger partial charge on any atom is -0.398 e. The highest BCUT2D eigenvalue weighted by Crippen LogP contribution is 2.30. The maximum Gasteiger partial charge on any atom is 0.250 e. The largest absolute Gasteiger partial charge is 0.398 e. The smallest absolute Gasteiger partial charge is 0.250 e. The second-order valence-corrected chi connectivity index (χ2v) is 4.43. The van der Waals surface area contributed by atoms with Crippen molar-refractivity contribution >= 4 is 5.69 Å². The van der Waals surface area contributed by atoms with Crippen molar-refractivity contribution in [2.75, 3.05) is 5.73 Å². The highest BCUT2D eigenvalue weighted by atomic mass is 16.1. The van der Waals surface area contributed by atoms with E-state index in [2.05, 4.69) is 0 Å². The Hall–Kier alpha value is -1.25. The van der Waals surface area contributed by atoms with Gasteiger partial charge in [0.2, 0.25) is 0 Å². The zero-order valence-electron chi connectivity index (χ0n) is 8.98. The van der Waals surface area contributed by atoms with E-state index in [1.807, 2.05) is 0 Å². The second-order valence-electron chi connectivity index (χ2n) is 4.43. The molecule has 0 unspecified atom stereocenters. The number of pyridine rings is 1. The summed E-state index contributed by atoms with van der Waals surface area (Å²) in [5, 5.41) is 0. The fourth-order valence-corrected chi connectivity index (χ4v) is 2.06. The van der Waals surface area contributed by atoms with Crippen LogP contribution in [-0.2, 0) is 6.54 Å². The second kappa shape index (κ2) is 4.51. The summed E-state index contributed by atoms with van der Waals surface area (Å²) in [7, 11) is 0. The van der Waals surface area contributed by atoms with Crippen LogP contribution in [0.25, 0.3) is 0 Å². The minimum atomic E-state index is 0.0535. The van der Waals surface area contributed by atoms with Crippen LogP contribution >= 0.6 is 0 Å². The number of nitrogens with two attached hydrogens (primary N) is 1. The summed E-state index contributed by atoms with van der Waals surface area (Å²) < 4.78 is 1.72. The van der Waals surface area contributed by atoms with E-state index in [9.17, 15) is 4.79 Å². The molecular formula is C12H18N2O. The molecule has 0 saturated heterocycles. The summed E-state index contributed by atoms with van der Waals surface area (Å²) in [5.74, 6) is 0.918. The van der Waals surface area contributed by atoms with Gasteiger partial charge in [-0.1, -0.05) is 19.3 Å². The minimum absolute atomic E-state index is 0.0535. The molecule has 0 aliphatic heterocycles. The fraction of sp³-hybridized carbons (Fsp3) is 0.583. The Balaban J connectivity index is 1.86. The van der Waals surface area contributed by atoms with Crippen molar-refractivity contribution in [2.45, 2.75) is 38.6 Å². The summed E-state index contributed by atoms with van der Waals surface area (Å²) >= 11 is 0. The Morgan fingerprint density at radius 1 is 1.40 bits per heavy atom. The molecule has 3 nitrogen and oxygen atoms in total. The topological polar surface area (TPSA) is 48.0 Å². The quantitative estimate of drug-likeness (QED) is 0.819. The molecule has 1 aliphatic rings.